The monoisotopic (exact) mass is 410 g/mol. The van der Waals surface area contributed by atoms with E-state index in [0.29, 0.717) is 18.2 Å². The Kier molecular flexibility index (Phi) is 6.13. The van der Waals surface area contributed by atoms with Crippen molar-refractivity contribution >= 4 is 17.5 Å². The van der Waals surface area contributed by atoms with Gasteiger partial charge in [0.15, 0.2) is 0 Å². The Morgan fingerprint density at radius 3 is 2.30 bits per heavy atom. The summed E-state index contributed by atoms with van der Waals surface area (Å²) in [7, 11) is 0. The molecule has 2 amide bonds. The number of amides is 2. The van der Waals surface area contributed by atoms with Gasteiger partial charge in [0, 0.05) is 0 Å². The zero-order valence-electron chi connectivity index (χ0n) is 17.2. The molecule has 4 rings (SSSR count). The van der Waals surface area contributed by atoms with E-state index in [2.05, 4.69) is 4.90 Å². The lowest BCUT2D eigenvalue weighted by Gasteiger charge is -2.35. The van der Waals surface area contributed by atoms with Crippen molar-refractivity contribution in [1.82, 2.24) is 4.90 Å². The number of ether oxygens (including phenoxy) is 1. The minimum atomic E-state index is -0.400. The Hall–Kier alpha value is -2.73. The van der Waals surface area contributed by atoms with Gasteiger partial charge in [0.2, 0.25) is 5.91 Å². The number of benzene rings is 2. The fourth-order valence-corrected chi connectivity index (χ4v) is 4.36. The third kappa shape index (κ3) is 4.24. The topological polar surface area (TPSA) is 49.9 Å². The van der Waals surface area contributed by atoms with E-state index in [1.807, 2.05) is 19.1 Å². The molecule has 30 heavy (non-hydrogen) atoms. The summed E-state index contributed by atoms with van der Waals surface area (Å²) in [6.45, 7) is 4.18. The van der Waals surface area contributed by atoms with E-state index in [-0.39, 0.29) is 24.1 Å². The van der Waals surface area contributed by atoms with Crippen molar-refractivity contribution in [2.75, 3.05) is 24.6 Å². The molecule has 2 heterocycles. The van der Waals surface area contributed by atoms with Crippen LogP contribution in [0.15, 0.2) is 48.5 Å². The first-order chi connectivity index (χ1) is 14.6. The molecule has 2 fully saturated rings. The summed E-state index contributed by atoms with van der Waals surface area (Å²) in [5.41, 5.74) is 1.73. The van der Waals surface area contributed by atoms with Gasteiger partial charge in [-0.3, -0.25) is 14.5 Å². The molecular weight excluding hydrogens is 383 g/mol. The van der Waals surface area contributed by atoms with Gasteiger partial charge in [-0.15, -0.1) is 0 Å². The molecule has 158 valence electrons. The van der Waals surface area contributed by atoms with Gasteiger partial charge in [0.1, 0.15) is 11.6 Å². The SMILES string of the molecule is CCCOc1ccc(N2C(=O)CC(N3CCC(c4ccc(F)cc4)CC3)C2=O)cc1. The van der Waals surface area contributed by atoms with Crippen LogP contribution in [-0.2, 0) is 9.59 Å². The predicted molar refractivity (Wildman–Crippen MR) is 113 cm³/mol. The average molecular weight is 410 g/mol. The quantitative estimate of drug-likeness (QED) is 0.672. The number of hydrogen-bond acceptors (Lipinski definition) is 4. The van der Waals surface area contributed by atoms with Gasteiger partial charge >= 0.3 is 0 Å². The Morgan fingerprint density at radius 1 is 1.00 bits per heavy atom. The smallest absolute Gasteiger partial charge is 0.251 e. The molecule has 1 unspecified atom stereocenters. The Labute approximate surface area is 176 Å². The first-order valence-electron chi connectivity index (χ1n) is 10.7. The second-order valence-corrected chi connectivity index (χ2v) is 7.99. The molecule has 2 aliphatic heterocycles. The number of piperidine rings is 1. The Morgan fingerprint density at radius 2 is 1.67 bits per heavy atom. The molecule has 1 atom stereocenters. The number of anilines is 1. The van der Waals surface area contributed by atoms with Gasteiger partial charge in [0.25, 0.3) is 5.91 Å². The maximum absolute atomic E-state index is 13.2. The molecular formula is C24H27FN2O3. The van der Waals surface area contributed by atoms with E-state index in [1.165, 1.54) is 17.0 Å². The van der Waals surface area contributed by atoms with Gasteiger partial charge < -0.3 is 4.74 Å². The van der Waals surface area contributed by atoms with Crippen LogP contribution >= 0.6 is 0 Å². The molecule has 6 heteroatoms. The van der Waals surface area contributed by atoms with Crippen LogP contribution in [0.4, 0.5) is 10.1 Å². The lowest BCUT2D eigenvalue weighted by atomic mass is 9.89. The molecule has 0 bridgehead atoms. The van der Waals surface area contributed by atoms with Crippen LogP contribution in [0, 0.1) is 5.82 Å². The summed E-state index contributed by atoms with van der Waals surface area (Å²) in [6, 6.07) is 13.4. The van der Waals surface area contributed by atoms with E-state index in [1.54, 1.807) is 24.3 Å². The van der Waals surface area contributed by atoms with Crippen LogP contribution < -0.4 is 9.64 Å². The number of carbonyl (C=O) groups excluding carboxylic acids is 2. The molecule has 0 saturated carbocycles. The standard InChI is InChI=1S/C24H27FN2O3/c1-2-15-30-21-9-7-20(8-10-21)27-23(28)16-22(24(27)29)26-13-11-18(12-14-26)17-3-5-19(25)6-4-17/h3-10,18,22H,2,11-16H2,1H3. The van der Waals surface area contributed by atoms with Gasteiger partial charge in [-0.25, -0.2) is 9.29 Å². The van der Waals surface area contributed by atoms with Crippen molar-refractivity contribution in [2.24, 2.45) is 0 Å². The molecule has 0 spiro atoms. The zero-order valence-corrected chi connectivity index (χ0v) is 17.2. The molecule has 0 radical (unpaired) electrons. The molecule has 2 aromatic rings. The second-order valence-electron chi connectivity index (χ2n) is 7.99. The third-order valence-corrected chi connectivity index (χ3v) is 6.00. The molecule has 2 saturated heterocycles. The summed E-state index contributed by atoms with van der Waals surface area (Å²) in [5.74, 6) is 0.562. The number of imide groups is 1. The third-order valence-electron chi connectivity index (χ3n) is 6.00. The fourth-order valence-electron chi connectivity index (χ4n) is 4.36. The highest BCUT2D eigenvalue weighted by Gasteiger charge is 2.43. The maximum atomic E-state index is 13.2. The van der Waals surface area contributed by atoms with Crippen LogP contribution in [0.3, 0.4) is 0 Å². The molecule has 0 aliphatic carbocycles. The van der Waals surface area contributed by atoms with Crippen molar-refractivity contribution in [3.05, 3.63) is 59.9 Å². The lowest BCUT2D eigenvalue weighted by Crippen LogP contribution is -2.45. The lowest BCUT2D eigenvalue weighted by molar-refractivity contribution is -0.123. The normalized spacial score (nSPS) is 20.7. The van der Waals surface area contributed by atoms with Crippen LogP contribution in [0.2, 0.25) is 0 Å². The van der Waals surface area contributed by atoms with Gasteiger partial charge in [-0.1, -0.05) is 19.1 Å². The number of likely N-dealkylation sites (tertiary alicyclic amines) is 1. The minimum Gasteiger partial charge on any atom is -0.494 e. The predicted octanol–water partition coefficient (Wildman–Crippen LogP) is 4.13. The van der Waals surface area contributed by atoms with Crippen LogP contribution in [0.1, 0.15) is 44.1 Å². The van der Waals surface area contributed by atoms with E-state index >= 15 is 0 Å². The van der Waals surface area contributed by atoms with E-state index in [4.69, 9.17) is 4.74 Å². The summed E-state index contributed by atoms with van der Waals surface area (Å²) < 4.78 is 18.7. The van der Waals surface area contributed by atoms with Crippen molar-refractivity contribution < 1.29 is 18.7 Å². The Balaban J connectivity index is 1.39. The molecule has 2 aliphatic rings. The van der Waals surface area contributed by atoms with Crippen LogP contribution in [0.5, 0.6) is 5.75 Å². The van der Waals surface area contributed by atoms with E-state index < -0.39 is 6.04 Å². The first kappa shape index (κ1) is 20.5. The number of nitrogens with zero attached hydrogens (tertiary/aromatic N) is 2. The number of hydrogen-bond donors (Lipinski definition) is 0. The largest absolute Gasteiger partial charge is 0.494 e. The van der Waals surface area contributed by atoms with Crippen molar-refractivity contribution in [2.45, 2.75) is 44.6 Å². The highest BCUT2D eigenvalue weighted by atomic mass is 19.1. The Bertz CT molecular complexity index is 890. The van der Waals surface area contributed by atoms with E-state index in [9.17, 15) is 14.0 Å². The summed E-state index contributed by atoms with van der Waals surface area (Å²) >= 11 is 0. The number of halogens is 1. The second kappa shape index (κ2) is 8.96. The van der Waals surface area contributed by atoms with Gasteiger partial charge in [0.05, 0.1) is 24.8 Å². The van der Waals surface area contributed by atoms with Gasteiger partial charge in [-0.05, 0) is 80.2 Å². The average Bonchev–Trinajstić information content (AvgIpc) is 3.07. The van der Waals surface area contributed by atoms with Crippen LogP contribution in [-0.4, -0.2) is 42.5 Å². The number of rotatable bonds is 6. The van der Waals surface area contributed by atoms with Gasteiger partial charge in [-0.2, -0.15) is 0 Å². The maximum Gasteiger partial charge on any atom is 0.251 e. The fraction of sp³-hybridized carbons (Fsp3) is 0.417. The highest BCUT2D eigenvalue weighted by molar-refractivity contribution is 6.22. The number of carbonyl (C=O) groups is 2. The molecule has 0 N–H and O–H groups in total. The summed E-state index contributed by atoms with van der Waals surface area (Å²) in [5, 5.41) is 0. The molecule has 2 aromatic carbocycles. The molecule has 5 nitrogen and oxygen atoms in total. The summed E-state index contributed by atoms with van der Waals surface area (Å²) in [6.07, 6.45) is 2.93. The van der Waals surface area contributed by atoms with Crippen molar-refractivity contribution in [3.8, 4) is 5.75 Å². The minimum absolute atomic E-state index is 0.151. The molecule has 0 aromatic heterocycles. The first-order valence-corrected chi connectivity index (χ1v) is 10.7. The van der Waals surface area contributed by atoms with E-state index in [0.717, 1.165) is 43.7 Å². The van der Waals surface area contributed by atoms with Crippen LogP contribution in [0.25, 0.3) is 0 Å². The van der Waals surface area contributed by atoms with Crippen molar-refractivity contribution in [3.63, 3.8) is 0 Å². The highest BCUT2D eigenvalue weighted by Crippen LogP contribution is 2.33. The zero-order chi connectivity index (χ0) is 21.1. The van der Waals surface area contributed by atoms with Crippen molar-refractivity contribution in [1.29, 1.82) is 0 Å². The summed E-state index contributed by atoms with van der Waals surface area (Å²) in [4.78, 5) is 29.1.